The molecule has 3 nitrogen and oxygen atoms in total. The highest BCUT2D eigenvalue weighted by atomic mass is 16.5. The van der Waals surface area contributed by atoms with Gasteiger partial charge in [0.05, 0.1) is 12.1 Å². The van der Waals surface area contributed by atoms with Crippen molar-refractivity contribution in [2.24, 2.45) is 5.73 Å². The van der Waals surface area contributed by atoms with Crippen molar-refractivity contribution in [1.29, 1.82) is 0 Å². The summed E-state index contributed by atoms with van der Waals surface area (Å²) in [6, 6.07) is 10.1. The number of fused-ring (bicyclic) bond motifs is 1. The average Bonchev–Trinajstić information content (AvgIpc) is 3.07. The van der Waals surface area contributed by atoms with E-state index in [4.69, 9.17) is 14.9 Å². The van der Waals surface area contributed by atoms with Gasteiger partial charge in [-0.2, -0.15) is 0 Å². The van der Waals surface area contributed by atoms with Crippen molar-refractivity contribution in [3.05, 3.63) is 36.1 Å². The van der Waals surface area contributed by atoms with Crippen molar-refractivity contribution in [3.63, 3.8) is 0 Å². The number of hydrogen-bond acceptors (Lipinski definition) is 3. The molecule has 3 heteroatoms. The van der Waals surface area contributed by atoms with Crippen LogP contribution in [0.15, 0.2) is 34.7 Å². The predicted octanol–water partition coefficient (Wildman–Crippen LogP) is 3.78. The van der Waals surface area contributed by atoms with Crippen LogP contribution in [0.4, 0.5) is 0 Å². The highest BCUT2D eigenvalue weighted by Crippen LogP contribution is 2.26. The summed E-state index contributed by atoms with van der Waals surface area (Å²) in [7, 11) is 0. The zero-order valence-corrected chi connectivity index (χ0v) is 11.2. The van der Waals surface area contributed by atoms with Gasteiger partial charge in [0.25, 0.3) is 0 Å². The third-order valence-corrected chi connectivity index (χ3v) is 3.88. The standard InChI is InChI=1S/C16H21NO2/c17-14(8-3-6-13-7-4-10-18-13)16-11-12-5-1-2-9-15(12)19-16/h1-2,5,9,11,13-14H,3-4,6-8,10,17H2. The first-order valence-corrected chi connectivity index (χ1v) is 7.18. The van der Waals surface area contributed by atoms with Crippen LogP contribution >= 0.6 is 0 Å². The van der Waals surface area contributed by atoms with Crippen LogP contribution in [0, 0.1) is 0 Å². The molecular weight excluding hydrogens is 238 g/mol. The van der Waals surface area contributed by atoms with Crippen LogP contribution in [-0.4, -0.2) is 12.7 Å². The lowest BCUT2D eigenvalue weighted by atomic mass is 10.0. The Morgan fingerprint density at radius 2 is 2.21 bits per heavy atom. The van der Waals surface area contributed by atoms with Crippen molar-refractivity contribution < 1.29 is 9.15 Å². The van der Waals surface area contributed by atoms with Crippen LogP contribution in [0.3, 0.4) is 0 Å². The Bertz CT molecular complexity index is 495. The molecule has 1 aliphatic rings. The van der Waals surface area contributed by atoms with E-state index in [1.165, 1.54) is 12.8 Å². The molecule has 1 aromatic carbocycles. The van der Waals surface area contributed by atoms with Crippen molar-refractivity contribution >= 4 is 11.0 Å². The van der Waals surface area contributed by atoms with E-state index < -0.39 is 0 Å². The molecule has 2 unspecified atom stereocenters. The minimum absolute atomic E-state index is 0.00574. The molecular formula is C16H21NO2. The van der Waals surface area contributed by atoms with Gasteiger partial charge in [-0.05, 0) is 44.2 Å². The van der Waals surface area contributed by atoms with E-state index in [2.05, 4.69) is 12.1 Å². The van der Waals surface area contributed by atoms with Gasteiger partial charge in [0.1, 0.15) is 11.3 Å². The molecule has 2 atom stereocenters. The molecule has 1 aromatic heterocycles. The summed E-state index contributed by atoms with van der Waals surface area (Å²) in [6.45, 7) is 0.931. The number of rotatable bonds is 5. The van der Waals surface area contributed by atoms with Crippen LogP contribution in [0.25, 0.3) is 11.0 Å². The lowest BCUT2D eigenvalue weighted by molar-refractivity contribution is 0.101. The maximum Gasteiger partial charge on any atom is 0.134 e. The molecule has 102 valence electrons. The Morgan fingerprint density at radius 1 is 1.32 bits per heavy atom. The summed E-state index contributed by atoms with van der Waals surface area (Å²) < 4.78 is 11.4. The number of para-hydroxylation sites is 1. The van der Waals surface area contributed by atoms with E-state index in [9.17, 15) is 0 Å². The Kier molecular flexibility index (Phi) is 3.85. The molecule has 19 heavy (non-hydrogen) atoms. The van der Waals surface area contributed by atoms with Gasteiger partial charge >= 0.3 is 0 Å². The number of furan rings is 1. The Hall–Kier alpha value is -1.32. The Labute approximate surface area is 113 Å². The summed E-state index contributed by atoms with van der Waals surface area (Å²) in [5, 5.41) is 1.13. The van der Waals surface area contributed by atoms with Gasteiger partial charge in [-0.15, -0.1) is 0 Å². The number of nitrogens with two attached hydrogens (primary N) is 1. The van der Waals surface area contributed by atoms with Gasteiger partial charge in [0.2, 0.25) is 0 Å². The van der Waals surface area contributed by atoms with Crippen LogP contribution in [0.1, 0.15) is 43.9 Å². The van der Waals surface area contributed by atoms with Crippen molar-refractivity contribution in [2.75, 3.05) is 6.61 Å². The molecule has 2 N–H and O–H groups in total. The zero-order chi connectivity index (χ0) is 13.1. The molecule has 0 spiro atoms. The lowest BCUT2D eigenvalue weighted by Gasteiger charge is -2.11. The van der Waals surface area contributed by atoms with Crippen molar-refractivity contribution in [2.45, 2.75) is 44.2 Å². The second-order valence-corrected chi connectivity index (χ2v) is 5.36. The highest BCUT2D eigenvalue weighted by molar-refractivity contribution is 5.77. The van der Waals surface area contributed by atoms with Crippen LogP contribution < -0.4 is 5.73 Å². The lowest BCUT2D eigenvalue weighted by Crippen LogP contribution is -2.11. The first kappa shape index (κ1) is 12.7. The summed E-state index contributed by atoms with van der Waals surface area (Å²) in [5.74, 6) is 0.897. The highest BCUT2D eigenvalue weighted by Gasteiger charge is 2.17. The fraction of sp³-hybridized carbons (Fsp3) is 0.500. The summed E-state index contributed by atoms with van der Waals surface area (Å²) >= 11 is 0. The first-order valence-electron chi connectivity index (χ1n) is 7.18. The monoisotopic (exact) mass is 259 g/mol. The molecule has 2 heterocycles. The average molecular weight is 259 g/mol. The summed E-state index contributed by atoms with van der Waals surface area (Å²) in [4.78, 5) is 0. The predicted molar refractivity (Wildman–Crippen MR) is 76.0 cm³/mol. The van der Waals surface area contributed by atoms with E-state index in [1.807, 2.05) is 18.2 Å². The summed E-state index contributed by atoms with van der Waals surface area (Å²) in [6.07, 6.45) is 6.05. The van der Waals surface area contributed by atoms with Crippen molar-refractivity contribution in [3.8, 4) is 0 Å². The van der Waals surface area contributed by atoms with Gasteiger partial charge in [-0.25, -0.2) is 0 Å². The van der Waals surface area contributed by atoms with Crippen LogP contribution in [-0.2, 0) is 4.74 Å². The maximum absolute atomic E-state index is 6.21. The fourth-order valence-electron chi connectivity index (χ4n) is 2.76. The molecule has 1 aliphatic heterocycles. The van der Waals surface area contributed by atoms with Gasteiger partial charge < -0.3 is 14.9 Å². The molecule has 1 saturated heterocycles. The molecule has 1 fully saturated rings. The second-order valence-electron chi connectivity index (χ2n) is 5.36. The van der Waals surface area contributed by atoms with E-state index in [0.29, 0.717) is 6.10 Å². The topological polar surface area (TPSA) is 48.4 Å². The minimum Gasteiger partial charge on any atom is -0.459 e. The number of benzene rings is 1. The maximum atomic E-state index is 6.21. The van der Waals surface area contributed by atoms with Crippen molar-refractivity contribution in [1.82, 2.24) is 0 Å². The van der Waals surface area contributed by atoms with Gasteiger partial charge in [0.15, 0.2) is 0 Å². The Morgan fingerprint density at radius 3 is 3.00 bits per heavy atom. The second kappa shape index (κ2) is 5.76. The van der Waals surface area contributed by atoms with E-state index in [0.717, 1.165) is 42.6 Å². The molecule has 0 saturated carbocycles. The van der Waals surface area contributed by atoms with E-state index in [1.54, 1.807) is 0 Å². The van der Waals surface area contributed by atoms with Crippen LogP contribution in [0.5, 0.6) is 0 Å². The van der Waals surface area contributed by atoms with Crippen LogP contribution in [0.2, 0.25) is 0 Å². The smallest absolute Gasteiger partial charge is 0.134 e. The zero-order valence-electron chi connectivity index (χ0n) is 11.2. The van der Waals surface area contributed by atoms with E-state index >= 15 is 0 Å². The van der Waals surface area contributed by atoms with Gasteiger partial charge in [-0.3, -0.25) is 0 Å². The first-order chi connectivity index (χ1) is 9.33. The van der Waals surface area contributed by atoms with E-state index in [-0.39, 0.29) is 6.04 Å². The third kappa shape index (κ3) is 2.99. The normalized spacial score (nSPS) is 21.0. The number of hydrogen-bond donors (Lipinski definition) is 1. The quantitative estimate of drug-likeness (QED) is 0.888. The third-order valence-electron chi connectivity index (χ3n) is 3.88. The van der Waals surface area contributed by atoms with Gasteiger partial charge in [-0.1, -0.05) is 18.2 Å². The molecule has 2 aromatic rings. The number of ether oxygens (including phenoxy) is 1. The molecule has 0 radical (unpaired) electrons. The fourth-order valence-corrected chi connectivity index (χ4v) is 2.76. The SMILES string of the molecule is NC(CCCC1CCCO1)c1cc2ccccc2o1. The molecule has 0 amide bonds. The minimum atomic E-state index is -0.00574. The molecule has 0 bridgehead atoms. The Balaban J connectivity index is 1.55. The largest absolute Gasteiger partial charge is 0.459 e. The molecule has 0 aliphatic carbocycles. The van der Waals surface area contributed by atoms with Gasteiger partial charge in [0, 0.05) is 12.0 Å². The summed E-state index contributed by atoms with van der Waals surface area (Å²) in [5.41, 5.74) is 7.13. The molecule has 3 rings (SSSR count).